The standard InChI is InChI=1S/C13H23N2O2.HI/c1-4-8-14-10-12(6-7-13(16)17-3)15(11-14)9-5-2;/h10-11H,4-9H2,1-3H3;1H/q+1;/p-1. The summed E-state index contributed by atoms with van der Waals surface area (Å²) in [7, 11) is 1.44. The highest BCUT2D eigenvalue weighted by Crippen LogP contribution is 2.04. The topological polar surface area (TPSA) is 35.1 Å². The second kappa shape index (κ2) is 9.35. The minimum atomic E-state index is -0.142. The molecule has 0 fully saturated rings. The highest BCUT2D eigenvalue weighted by atomic mass is 127. The number of carbonyl (C=O) groups excluding carboxylic acids is 1. The molecule has 0 saturated heterocycles. The van der Waals surface area contributed by atoms with Gasteiger partial charge in [0.1, 0.15) is 11.9 Å². The zero-order chi connectivity index (χ0) is 12.7. The van der Waals surface area contributed by atoms with Gasteiger partial charge < -0.3 is 28.7 Å². The van der Waals surface area contributed by atoms with E-state index in [4.69, 9.17) is 0 Å². The van der Waals surface area contributed by atoms with Crippen LogP contribution in [-0.4, -0.2) is 17.6 Å². The molecular formula is C13H23IN2O2. The molecule has 0 aromatic carbocycles. The predicted octanol–water partition coefficient (Wildman–Crippen LogP) is -1.29. The number of halogens is 1. The molecule has 0 amide bonds. The van der Waals surface area contributed by atoms with Crippen LogP contribution in [0.2, 0.25) is 0 Å². The van der Waals surface area contributed by atoms with E-state index in [0.29, 0.717) is 6.42 Å². The maximum absolute atomic E-state index is 11.1. The average Bonchev–Trinajstić information content (AvgIpc) is 2.69. The van der Waals surface area contributed by atoms with Gasteiger partial charge in [0.25, 0.3) is 0 Å². The summed E-state index contributed by atoms with van der Waals surface area (Å²) in [6.45, 7) is 6.36. The Morgan fingerprint density at radius 3 is 2.67 bits per heavy atom. The number of aryl methyl sites for hydroxylation is 3. The molecule has 0 bridgehead atoms. The Kier molecular flexibility index (Phi) is 9.05. The lowest BCUT2D eigenvalue weighted by molar-refractivity contribution is -0.696. The monoisotopic (exact) mass is 366 g/mol. The third kappa shape index (κ3) is 5.37. The van der Waals surface area contributed by atoms with E-state index in [9.17, 15) is 4.79 Å². The molecule has 0 spiro atoms. The summed E-state index contributed by atoms with van der Waals surface area (Å²) in [6, 6.07) is 0. The Bertz CT molecular complexity index is 364. The Morgan fingerprint density at radius 1 is 1.39 bits per heavy atom. The zero-order valence-corrected chi connectivity index (χ0v) is 13.6. The Balaban J connectivity index is 0.00000289. The van der Waals surface area contributed by atoms with E-state index in [1.54, 1.807) is 0 Å². The number of ether oxygens (including phenoxy) is 1. The number of esters is 1. The molecule has 1 heterocycles. The number of methoxy groups -OCH3 is 1. The van der Waals surface area contributed by atoms with Crippen LogP contribution in [0.25, 0.3) is 0 Å². The molecule has 5 heteroatoms. The smallest absolute Gasteiger partial charge is 0.305 e. The summed E-state index contributed by atoms with van der Waals surface area (Å²) in [5.74, 6) is -0.142. The molecule has 0 aliphatic heterocycles. The summed E-state index contributed by atoms with van der Waals surface area (Å²) >= 11 is 0. The molecule has 1 rings (SSSR count). The maximum Gasteiger partial charge on any atom is 0.305 e. The van der Waals surface area contributed by atoms with Gasteiger partial charge in [-0.3, -0.25) is 4.79 Å². The third-order valence-electron chi connectivity index (χ3n) is 2.73. The molecule has 1 aromatic rings. The lowest BCUT2D eigenvalue weighted by atomic mass is 10.2. The van der Waals surface area contributed by atoms with Crippen molar-refractivity contribution in [3.63, 3.8) is 0 Å². The first-order valence-electron chi connectivity index (χ1n) is 6.36. The van der Waals surface area contributed by atoms with Gasteiger partial charge in [0.15, 0.2) is 0 Å². The molecular weight excluding hydrogens is 343 g/mol. The largest absolute Gasteiger partial charge is 1.00 e. The summed E-state index contributed by atoms with van der Waals surface area (Å²) in [4.78, 5) is 11.1. The zero-order valence-electron chi connectivity index (χ0n) is 11.5. The minimum absolute atomic E-state index is 0. The van der Waals surface area contributed by atoms with Gasteiger partial charge in [0.05, 0.1) is 26.6 Å². The van der Waals surface area contributed by atoms with Crippen molar-refractivity contribution in [2.24, 2.45) is 0 Å². The van der Waals surface area contributed by atoms with Gasteiger partial charge in [-0.05, 0) is 12.8 Å². The van der Waals surface area contributed by atoms with Crippen molar-refractivity contribution in [1.82, 2.24) is 4.57 Å². The molecule has 0 atom stereocenters. The molecule has 0 aliphatic carbocycles. The Morgan fingerprint density at radius 2 is 2.11 bits per heavy atom. The predicted molar refractivity (Wildman–Crippen MR) is 65.5 cm³/mol. The fraction of sp³-hybridized carbons (Fsp3) is 0.692. The fourth-order valence-corrected chi connectivity index (χ4v) is 1.92. The van der Waals surface area contributed by atoms with Gasteiger partial charge >= 0.3 is 5.97 Å². The van der Waals surface area contributed by atoms with Crippen molar-refractivity contribution in [2.75, 3.05) is 7.11 Å². The quantitative estimate of drug-likeness (QED) is 0.342. The van der Waals surface area contributed by atoms with Crippen LogP contribution in [0.15, 0.2) is 12.5 Å². The van der Waals surface area contributed by atoms with Gasteiger partial charge in [0, 0.05) is 6.42 Å². The summed E-state index contributed by atoms with van der Waals surface area (Å²) < 4.78 is 9.10. The summed E-state index contributed by atoms with van der Waals surface area (Å²) in [5.41, 5.74) is 1.21. The van der Waals surface area contributed by atoms with E-state index in [-0.39, 0.29) is 29.9 Å². The number of aromatic nitrogens is 2. The highest BCUT2D eigenvalue weighted by Gasteiger charge is 2.14. The van der Waals surface area contributed by atoms with Crippen molar-refractivity contribution in [3.8, 4) is 0 Å². The van der Waals surface area contributed by atoms with E-state index in [1.165, 1.54) is 12.8 Å². The van der Waals surface area contributed by atoms with Crippen LogP contribution >= 0.6 is 0 Å². The first-order valence-corrected chi connectivity index (χ1v) is 6.36. The molecule has 0 unspecified atom stereocenters. The average molecular weight is 366 g/mol. The second-order valence-electron chi connectivity index (χ2n) is 4.24. The first-order chi connectivity index (χ1) is 8.21. The lowest BCUT2D eigenvalue weighted by Crippen LogP contribution is -3.00. The van der Waals surface area contributed by atoms with E-state index in [1.807, 2.05) is 0 Å². The number of rotatable bonds is 7. The number of hydrogen-bond donors (Lipinski definition) is 0. The van der Waals surface area contributed by atoms with Gasteiger partial charge in [-0.25, -0.2) is 9.13 Å². The SMILES string of the molecule is CCCn1c[n+](CCC)cc1CCC(=O)OC.[I-]. The van der Waals surface area contributed by atoms with Crippen LogP contribution in [0.1, 0.15) is 38.8 Å². The fourth-order valence-electron chi connectivity index (χ4n) is 1.92. The molecule has 18 heavy (non-hydrogen) atoms. The van der Waals surface area contributed by atoms with Crippen LogP contribution in [-0.2, 0) is 29.0 Å². The van der Waals surface area contributed by atoms with Crippen molar-refractivity contribution >= 4 is 5.97 Å². The van der Waals surface area contributed by atoms with Crippen molar-refractivity contribution in [2.45, 2.75) is 52.6 Å². The lowest BCUT2D eigenvalue weighted by Gasteiger charge is -1.99. The first kappa shape index (κ1) is 17.4. The van der Waals surface area contributed by atoms with E-state index < -0.39 is 0 Å². The van der Waals surface area contributed by atoms with Crippen LogP contribution in [0, 0.1) is 0 Å². The highest BCUT2D eigenvalue weighted by molar-refractivity contribution is 5.69. The molecule has 104 valence electrons. The van der Waals surface area contributed by atoms with Crippen LogP contribution < -0.4 is 28.5 Å². The molecule has 0 aliphatic rings. The number of carbonyl (C=O) groups is 1. The molecule has 0 saturated carbocycles. The van der Waals surface area contributed by atoms with Crippen LogP contribution in [0.4, 0.5) is 0 Å². The normalized spacial score (nSPS) is 9.94. The maximum atomic E-state index is 11.1. The summed E-state index contributed by atoms with van der Waals surface area (Å²) in [5, 5.41) is 0. The third-order valence-corrected chi connectivity index (χ3v) is 2.73. The van der Waals surface area contributed by atoms with Gasteiger partial charge in [-0.2, -0.15) is 0 Å². The van der Waals surface area contributed by atoms with E-state index in [2.05, 4.69) is 40.2 Å². The molecule has 1 aromatic heterocycles. The van der Waals surface area contributed by atoms with E-state index in [0.717, 1.165) is 32.4 Å². The Labute approximate surface area is 126 Å². The van der Waals surface area contributed by atoms with Crippen LogP contribution in [0.3, 0.4) is 0 Å². The number of hydrogen-bond acceptors (Lipinski definition) is 2. The van der Waals surface area contributed by atoms with Crippen molar-refractivity contribution in [1.29, 1.82) is 0 Å². The van der Waals surface area contributed by atoms with Gasteiger partial charge in [0.2, 0.25) is 6.33 Å². The molecule has 0 N–H and O–H groups in total. The van der Waals surface area contributed by atoms with Crippen LogP contribution in [0.5, 0.6) is 0 Å². The molecule has 0 radical (unpaired) electrons. The number of imidazole rings is 1. The van der Waals surface area contributed by atoms with Gasteiger partial charge in [-0.1, -0.05) is 13.8 Å². The van der Waals surface area contributed by atoms with E-state index >= 15 is 0 Å². The Hall–Kier alpha value is -0.590. The summed E-state index contributed by atoms with van der Waals surface area (Å²) in [6.07, 6.45) is 7.71. The van der Waals surface area contributed by atoms with Gasteiger partial charge in [-0.15, -0.1) is 0 Å². The van der Waals surface area contributed by atoms with Crippen molar-refractivity contribution < 1.29 is 38.1 Å². The number of nitrogens with zero attached hydrogens (tertiary/aromatic N) is 2. The second-order valence-corrected chi connectivity index (χ2v) is 4.24. The minimum Gasteiger partial charge on any atom is -1.00 e. The molecule has 4 nitrogen and oxygen atoms in total. The van der Waals surface area contributed by atoms with Crippen molar-refractivity contribution in [3.05, 3.63) is 18.2 Å².